The highest BCUT2D eigenvalue weighted by Crippen LogP contribution is 2.12. The van der Waals surface area contributed by atoms with E-state index in [0.29, 0.717) is 6.42 Å². The molecule has 0 aliphatic rings. The van der Waals surface area contributed by atoms with E-state index in [1.807, 2.05) is 0 Å². The van der Waals surface area contributed by atoms with Crippen LogP contribution in [0.1, 0.15) is 5.56 Å². The molecule has 0 heterocycles. The van der Waals surface area contributed by atoms with Crippen LogP contribution in [0, 0.1) is 17.0 Å². The van der Waals surface area contributed by atoms with Crippen LogP contribution in [-0.4, -0.2) is 11.0 Å². The Morgan fingerprint density at radius 1 is 1.46 bits per heavy atom. The molecule has 1 aromatic rings. The van der Waals surface area contributed by atoms with Gasteiger partial charge in [0, 0.05) is 18.2 Å². The Morgan fingerprint density at radius 2 is 2.00 bits per heavy atom. The zero-order valence-electron chi connectivity index (χ0n) is 7.14. The van der Waals surface area contributed by atoms with Crippen molar-refractivity contribution in [3.8, 4) is 0 Å². The summed E-state index contributed by atoms with van der Waals surface area (Å²) in [6.07, 6.45) is 0.637. The average Bonchev–Trinajstić information content (AvgIpc) is 2.04. The molecule has 0 fully saturated rings. The number of nitrogens with zero attached hydrogens (tertiary/aromatic N) is 1. The predicted octanol–water partition coefficient (Wildman–Crippen LogP) is 1.30. The molecule has 1 radical (unpaired) electrons. The molecule has 69 valence electrons. The van der Waals surface area contributed by atoms with E-state index in [1.165, 1.54) is 12.1 Å². The van der Waals surface area contributed by atoms with E-state index in [9.17, 15) is 10.1 Å². The molecule has 4 nitrogen and oxygen atoms in total. The van der Waals surface area contributed by atoms with Crippen LogP contribution in [0.2, 0.25) is 0 Å². The third-order valence-corrected chi connectivity index (χ3v) is 1.65. The van der Waals surface area contributed by atoms with Crippen LogP contribution in [0.4, 0.5) is 5.69 Å². The lowest BCUT2D eigenvalue weighted by Crippen LogP contribution is -2.18. The van der Waals surface area contributed by atoms with Crippen LogP contribution in [0.3, 0.4) is 0 Å². The van der Waals surface area contributed by atoms with Crippen molar-refractivity contribution in [2.75, 3.05) is 0 Å². The second-order valence-electron chi connectivity index (χ2n) is 2.89. The van der Waals surface area contributed by atoms with Gasteiger partial charge in [-0.15, -0.1) is 0 Å². The molecule has 0 amide bonds. The van der Waals surface area contributed by atoms with E-state index in [0.717, 1.165) is 5.56 Å². The molecule has 0 aliphatic carbocycles. The molecule has 0 saturated heterocycles. The summed E-state index contributed by atoms with van der Waals surface area (Å²) >= 11 is 0. The molecule has 0 bridgehead atoms. The zero-order chi connectivity index (χ0) is 9.84. The zero-order valence-corrected chi connectivity index (χ0v) is 7.14. The summed E-state index contributed by atoms with van der Waals surface area (Å²) in [4.78, 5) is 9.88. The highest BCUT2D eigenvalue weighted by Gasteiger charge is 2.04. The van der Waals surface area contributed by atoms with E-state index >= 15 is 0 Å². The molecular formula is C9H11N2O2. The van der Waals surface area contributed by atoms with Crippen LogP contribution >= 0.6 is 0 Å². The van der Waals surface area contributed by atoms with Crippen molar-refractivity contribution >= 4 is 5.69 Å². The largest absolute Gasteiger partial charge is 0.327 e. The highest BCUT2D eigenvalue weighted by molar-refractivity contribution is 5.33. The van der Waals surface area contributed by atoms with Gasteiger partial charge in [0.05, 0.1) is 4.92 Å². The number of hydrogen-bond acceptors (Lipinski definition) is 3. The van der Waals surface area contributed by atoms with E-state index in [2.05, 4.69) is 6.92 Å². The normalized spacial score (nSPS) is 12.5. The molecule has 0 aromatic heterocycles. The molecule has 0 spiro atoms. The predicted molar refractivity (Wildman–Crippen MR) is 50.1 cm³/mol. The molecular weight excluding hydrogens is 168 g/mol. The Kier molecular flexibility index (Phi) is 2.97. The van der Waals surface area contributed by atoms with Gasteiger partial charge in [0.1, 0.15) is 0 Å². The molecule has 1 rings (SSSR count). The summed E-state index contributed by atoms with van der Waals surface area (Å²) in [7, 11) is 0. The van der Waals surface area contributed by atoms with E-state index < -0.39 is 4.92 Å². The minimum atomic E-state index is -0.423. The van der Waals surface area contributed by atoms with E-state index in [1.54, 1.807) is 12.1 Å². The first-order valence-electron chi connectivity index (χ1n) is 3.91. The Balaban J connectivity index is 2.75. The maximum Gasteiger partial charge on any atom is 0.269 e. The van der Waals surface area contributed by atoms with Gasteiger partial charge >= 0.3 is 0 Å². The maximum absolute atomic E-state index is 10.3. The fraction of sp³-hybridized carbons (Fsp3) is 0.222. The third kappa shape index (κ3) is 2.83. The monoisotopic (exact) mass is 179 g/mol. The number of nitro benzene ring substituents is 1. The van der Waals surface area contributed by atoms with Crippen LogP contribution in [0.15, 0.2) is 24.3 Å². The van der Waals surface area contributed by atoms with E-state index in [-0.39, 0.29) is 11.7 Å². The van der Waals surface area contributed by atoms with Gasteiger partial charge in [0.15, 0.2) is 0 Å². The van der Waals surface area contributed by atoms with Gasteiger partial charge in [-0.05, 0) is 18.9 Å². The second-order valence-corrected chi connectivity index (χ2v) is 2.89. The average molecular weight is 179 g/mol. The van der Waals surface area contributed by atoms with Crippen LogP contribution in [0.25, 0.3) is 0 Å². The number of benzene rings is 1. The van der Waals surface area contributed by atoms with Crippen LogP contribution < -0.4 is 5.73 Å². The first-order valence-corrected chi connectivity index (χ1v) is 3.91. The number of hydrogen-bond donors (Lipinski definition) is 1. The van der Waals surface area contributed by atoms with Gasteiger partial charge in [0.2, 0.25) is 0 Å². The van der Waals surface area contributed by atoms with Crippen LogP contribution in [-0.2, 0) is 6.42 Å². The molecule has 0 unspecified atom stereocenters. The summed E-state index contributed by atoms with van der Waals surface area (Å²) in [6, 6.07) is 6.17. The van der Waals surface area contributed by atoms with Crippen molar-refractivity contribution in [2.45, 2.75) is 12.5 Å². The van der Waals surface area contributed by atoms with Gasteiger partial charge in [-0.25, -0.2) is 0 Å². The Labute approximate surface area is 76.5 Å². The molecule has 13 heavy (non-hydrogen) atoms. The maximum atomic E-state index is 10.3. The van der Waals surface area contributed by atoms with Crippen molar-refractivity contribution < 1.29 is 4.92 Å². The van der Waals surface area contributed by atoms with Crippen molar-refractivity contribution in [1.29, 1.82) is 0 Å². The summed E-state index contributed by atoms with van der Waals surface area (Å²) in [5.41, 5.74) is 6.54. The number of rotatable bonds is 3. The van der Waals surface area contributed by atoms with E-state index in [4.69, 9.17) is 5.73 Å². The molecule has 2 N–H and O–H groups in total. The SMILES string of the molecule is [CH2][C@@H](N)Cc1ccc([N+](=O)[O-])cc1. The summed E-state index contributed by atoms with van der Waals surface area (Å²) in [5, 5.41) is 10.3. The van der Waals surface area contributed by atoms with Crippen molar-refractivity contribution in [3.05, 3.63) is 46.9 Å². The van der Waals surface area contributed by atoms with Crippen molar-refractivity contribution in [1.82, 2.24) is 0 Å². The number of nitro groups is 1. The minimum Gasteiger partial charge on any atom is -0.327 e. The van der Waals surface area contributed by atoms with Gasteiger partial charge in [-0.3, -0.25) is 10.1 Å². The minimum absolute atomic E-state index is 0.0985. The summed E-state index contributed by atoms with van der Waals surface area (Å²) in [5.74, 6) is 0. The molecule has 4 heteroatoms. The fourth-order valence-corrected chi connectivity index (χ4v) is 1.06. The van der Waals surface area contributed by atoms with Crippen LogP contribution in [0.5, 0.6) is 0 Å². The Hall–Kier alpha value is -1.42. The van der Waals surface area contributed by atoms with Crippen molar-refractivity contribution in [3.63, 3.8) is 0 Å². The highest BCUT2D eigenvalue weighted by atomic mass is 16.6. The second kappa shape index (κ2) is 4.00. The lowest BCUT2D eigenvalue weighted by molar-refractivity contribution is -0.384. The van der Waals surface area contributed by atoms with Gasteiger partial charge < -0.3 is 5.73 Å². The Bertz CT molecular complexity index is 293. The summed E-state index contributed by atoms with van der Waals surface area (Å²) < 4.78 is 0. The summed E-state index contributed by atoms with van der Waals surface area (Å²) in [6.45, 7) is 3.64. The number of nitrogens with two attached hydrogens (primary N) is 1. The Morgan fingerprint density at radius 3 is 2.38 bits per heavy atom. The molecule has 0 saturated carbocycles. The molecule has 1 aromatic carbocycles. The fourth-order valence-electron chi connectivity index (χ4n) is 1.06. The third-order valence-electron chi connectivity index (χ3n) is 1.65. The standard InChI is InChI=1S/C9H11N2O2/c1-7(10)6-8-2-4-9(5-3-8)11(12)13/h2-5,7H,1,6,10H2/t7-/m1/s1. The molecule has 0 aliphatic heterocycles. The van der Waals surface area contributed by atoms with Crippen molar-refractivity contribution in [2.24, 2.45) is 5.73 Å². The smallest absolute Gasteiger partial charge is 0.269 e. The first-order chi connectivity index (χ1) is 6.09. The van der Waals surface area contributed by atoms with Gasteiger partial charge in [0.25, 0.3) is 5.69 Å². The number of non-ortho nitro benzene ring substituents is 1. The van der Waals surface area contributed by atoms with Gasteiger partial charge in [-0.2, -0.15) is 0 Å². The van der Waals surface area contributed by atoms with Gasteiger partial charge in [-0.1, -0.05) is 12.1 Å². The lowest BCUT2D eigenvalue weighted by atomic mass is 10.1. The quantitative estimate of drug-likeness (QED) is 0.561. The first kappa shape index (κ1) is 9.67. The lowest BCUT2D eigenvalue weighted by Gasteiger charge is -2.03. The topological polar surface area (TPSA) is 69.2 Å². The molecule has 1 atom stereocenters.